The minimum absolute atomic E-state index is 0.0957. The molecular formula is C12H16ClN3O. The van der Waals surface area contributed by atoms with Gasteiger partial charge in [-0.15, -0.1) is 0 Å². The molecule has 0 amide bonds. The van der Waals surface area contributed by atoms with Crippen LogP contribution < -0.4 is 5.32 Å². The van der Waals surface area contributed by atoms with Crippen LogP contribution in [0.2, 0.25) is 5.02 Å². The van der Waals surface area contributed by atoms with Crippen LogP contribution in [0, 0.1) is 0 Å². The first-order valence-electron chi connectivity index (χ1n) is 5.59. The zero-order valence-corrected chi connectivity index (χ0v) is 10.7. The Morgan fingerprint density at radius 2 is 2.29 bits per heavy atom. The van der Waals surface area contributed by atoms with E-state index < -0.39 is 0 Å². The summed E-state index contributed by atoms with van der Waals surface area (Å²) in [5, 5.41) is 12.7. The number of imidazole rings is 1. The summed E-state index contributed by atoms with van der Waals surface area (Å²) < 4.78 is 2.04. The Morgan fingerprint density at radius 3 is 3.00 bits per heavy atom. The topological polar surface area (TPSA) is 50.1 Å². The van der Waals surface area contributed by atoms with E-state index in [4.69, 9.17) is 16.7 Å². The van der Waals surface area contributed by atoms with Crippen LogP contribution in [0.4, 0.5) is 0 Å². The summed E-state index contributed by atoms with van der Waals surface area (Å²) in [5.41, 5.74) is 1.95. The highest BCUT2D eigenvalue weighted by Gasteiger charge is 2.13. The molecule has 17 heavy (non-hydrogen) atoms. The number of hydrogen-bond acceptors (Lipinski definition) is 3. The Balaban J connectivity index is 2.37. The summed E-state index contributed by atoms with van der Waals surface area (Å²) in [6.45, 7) is 2.71. The number of benzene rings is 1. The summed E-state index contributed by atoms with van der Waals surface area (Å²) in [6, 6.07) is 5.78. The molecule has 0 aliphatic carbocycles. The van der Waals surface area contributed by atoms with Crippen molar-refractivity contribution in [2.24, 2.45) is 7.05 Å². The van der Waals surface area contributed by atoms with E-state index in [9.17, 15) is 0 Å². The van der Waals surface area contributed by atoms with Crippen LogP contribution in [-0.2, 0) is 7.05 Å². The summed E-state index contributed by atoms with van der Waals surface area (Å²) in [4.78, 5) is 4.56. The Morgan fingerprint density at radius 1 is 1.53 bits per heavy atom. The number of fused-ring (bicyclic) bond motifs is 1. The molecule has 0 spiro atoms. The predicted octanol–water partition coefficient (Wildman–Crippen LogP) is 1.87. The van der Waals surface area contributed by atoms with Crippen molar-refractivity contribution >= 4 is 22.6 Å². The molecule has 1 aromatic carbocycles. The third kappa shape index (κ3) is 2.44. The van der Waals surface area contributed by atoms with Crippen molar-refractivity contribution in [2.45, 2.75) is 13.0 Å². The first kappa shape index (κ1) is 12.4. The molecule has 4 nitrogen and oxygen atoms in total. The van der Waals surface area contributed by atoms with Crippen LogP contribution in [0.25, 0.3) is 11.0 Å². The molecule has 0 saturated heterocycles. The second-order valence-corrected chi connectivity index (χ2v) is 4.50. The minimum Gasteiger partial charge on any atom is -0.395 e. The molecule has 1 unspecified atom stereocenters. The summed E-state index contributed by atoms with van der Waals surface area (Å²) in [6.07, 6.45) is 0. The summed E-state index contributed by atoms with van der Waals surface area (Å²) in [5.74, 6) is 0.940. The van der Waals surface area contributed by atoms with E-state index in [0.29, 0.717) is 11.6 Å². The lowest BCUT2D eigenvalue weighted by Crippen LogP contribution is -2.24. The van der Waals surface area contributed by atoms with Gasteiger partial charge in [0.2, 0.25) is 0 Å². The Bertz CT molecular complexity index is 524. The Kier molecular flexibility index (Phi) is 3.66. The molecule has 0 saturated carbocycles. The molecule has 5 heteroatoms. The standard InChI is InChI=1S/C12H16ClN3O/c1-8(14-5-6-17)12-15-10-7-9(13)3-4-11(10)16(12)2/h3-4,7-8,14,17H,5-6H2,1-2H3. The minimum atomic E-state index is 0.0957. The monoisotopic (exact) mass is 253 g/mol. The van der Waals surface area contributed by atoms with Crippen LogP contribution >= 0.6 is 11.6 Å². The first-order chi connectivity index (χ1) is 8.13. The molecule has 2 aromatic rings. The Labute approximate surface area is 105 Å². The largest absolute Gasteiger partial charge is 0.395 e. The molecule has 1 aromatic heterocycles. The normalized spacial score (nSPS) is 13.2. The second-order valence-electron chi connectivity index (χ2n) is 4.06. The van der Waals surface area contributed by atoms with Crippen molar-refractivity contribution < 1.29 is 5.11 Å². The molecular weight excluding hydrogens is 238 g/mol. The van der Waals surface area contributed by atoms with Gasteiger partial charge in [-0.2, -0.15) is 0 Å². The van der Waals surface area contributed by atoms with E-state index in [1.807, 2.05) is 36.7 Å². The molecule has 2 rings (SSSR count). The van der Waals surface area contributed by atoms with Crippen LogP contribution in [0.3, 0.4) is 0 Å². The van der Waals surface area contributed by atoms with Gasteiger partial charge in [0.15, 0.2) is 0 Å². The molecule has 92 valence electrons. The molecule has 1 heterocycles. The molecule has 0 aliphatic heterocycles. The van der Waals surface area contributed by atoms with E-state index in [0.717, 1.165) is 16.9 Å². The van der Waals surface area contributed by atoms with Gasteiger partial charge >= 0.3 is 0 Å². The SMILES string of the molecule is CC(NCCO)c1nc2cc(Cl)ccc2n1C. The lowest BCUT2D eigenvalue weighted by atomic mass is 10.3. The van der Waals surface area contributed by atoms with Gasteiger partial charge in [-0.3, -0.25) is 0 Å². The van der Waals surface area contributed by atoms with Crippen LogP contribution in [0.5, 0.6) is 0 Å². The molecule has 0 radical (unpaired) electrons. The molecule has 0 fully saturated rings. The average molecular weight is 254 g/mol. The summed E-state index contributed by atoms with van der Waals surface area (Å²) >= 11 is 5.95. The second kappa shape index (κ2) is 5.04. The first-order valence-corrected chi connectivity index (χ1v) is 5.97. The van der Waals surface area contributed by atoms with Gasteiger partial charge in [-0.1, -0.05) is 11.6 Å². The number of hydrogen-bond donors (Lipinski definition) is 2. The van der Waals surface area contributed by atoms with E-state index in [1.54, 1.807) is 0 Å². The molecule has 0 bridgehead atoms. The van der Waals surface area contributed by atoms with Crippen molar-refractivity contribution in [3.63, 3.8) is 0 Å². The maximum Gasteiger partial charge on any atom is 0.126 e. The van der Waals surface area contributed by atoms with Gasteiger partial charge in [0.05, 0.1) is 23.7 Å². The zero-order chi connectivity index (χ0) is 12.4. The lowest BCUT2D eigenvalue weighted by molar-refractivity contribution is 0.285. The van der Waals surface area contributed by atoms with Gasteiger partial charge in [0, 0.05) is 18.6 Å². The van der Waals surface area contributed by atoms with E-state index >= 15 is 0 Å². The highest BCUT2D eigenvalue weighted by molar-refractivity contribution is 6.31. The fraction of sp³-hybridized carbons (Fsp3) is 0.417. The van der Waals surface area contributed by atoms with Crippen molar-refractivity contribution in [1.82, 2.24) is 14.9 Å². The van der Waals surface area contributed by atoms with Gasteiger partial charge in [-0.25, -0.2) is 4.98 Å². The lowest BCUT2D eigenvalue weighted by Gasteiger charge is -2.12. The molecule has 0 aliphatic rings. The number of aliphatic hydroxyl groups is 1. The van der Waals surface area contributed by atoms with Gasteiger partial charge in [0.25, 0.3) is 0 Å². The molecule has 2 N–H and O–H groups in total. The van der Waals surface area contributed by atoms with Crippen molar-refractivity contribution in [3.05, 3.63) is 29.0 Å². The smallest absolute Gasteiger partial charge is 0.126 e. The quantitative estimate of drug-likeness (QED) is 0.875. The highest BCUT2D eigenvalue weighted by atomic mass is 35.5. The fourth-order valence-electron chi connectivity index (χ4n) is 1.95. The number of rotatable bonds is 4. The number of halogens is 1. The fourth-order valence-corrected chi connectivity index (χ4v) is 2.12. The molecule has 1 atom stereocenters. The number of aromatic nitrogens is 2. The Hall–Kier alpha value is -1.10. The van der Waals surface area contributed by atoms with Crippen molar-refractivity contribution in [2.75, 3.05) is 13.2 Å². The third-order valence-electron chi connectivity index (χ3n) is 2.83. The third-order valence-corrected chi connectivity index (χ3v) is 3.06. The van der Waals surface area contributed by atoms with Crippen molar-refractivity contribution in [1.29, 1.82) is 0 Å². The predicted molar refractivity (Wildman–Crippen MR) is 69.2 cm³/mol. The van der Waals surface area contributed by atoms with Crippen LogP contribution in [0.15, 0.2) is 18.2 Å². The summed E-state index contributed by atoms with van der Waals surface area (Å²) in [7, 11) is 1.98. The van der Waals surface area contributed by atoms with Gasteiger partial charge in [-0.05, 0) is 25.1 Å². The maximum atomic E-state index is 8.80. The van der Waals surface area contributed by atoms with E-state index in [2.05, 4.69) is 10.3 Å². The van der Waals surface area contributed by atoms with Crippen LogP contribution in [-0.4, -0.2) is 27.8 Å². The maximum absolute atomic E-state index is 8.80. The van der Waals surface area contributed by atoms with Crippen LogP contribution in [0.1, 0.15) is 18.8 Å². The number of aryl methyl sites for hydroxylation is 1. The van der Waals surface area contributed by atoms with E-state index in [-0.39, 0.29) is 12.6 Å². The van der Waals surface area contributed by atoms with Gasteiger partial charge in [0.1, 0.15) is 5.82 Å². The van der Waals surface area contributed by atoms with Gasteiger partial charge < -0.3 is 15.0 Å². The number of nitrogens with zero attached hydrogens (tertiary/aromatic N) is 2. The average Bonchev–Trinajstić information content (AvgIpc) is 2.63. The van der Waals surface area contributed by atoms with Crippen molar-refractivity contribution in [3.8, 4) is 0 Å². The number of aliphatic hydroxyl groups excluding tert-OH is 1. The highest BCUT2D eigenvalue weighted by Crippen LogP contribution is 2.22. The van der Waals surface area contributed by atoms with E-state index in [1.165, 1.54) is 0 Å². The zero-order valence-electron chi connectivity index (χ0n) is 9.94. The number of nitrogens with one attached hydrogen (secondary N) is 1.